The number of hydrogen-bond donors (Lipinski definition) is 0. The predicted octanol–water partition coefficient (Wildman–Crippen LogP) is 4.39. The number of nitrogens with zero attached hydrogens (tertiary/aromatic N) is 1. The van der Waals surface area contributed by atoms with Crippen molar-refractivity contribution in [2.24, 2.45) is 0 Å². The van der Waals surface area contributed by atoms with Gasteiger partial charge in [0.05, 0.1) is 0 Å². The second kappa shape index (κ2) is 8.14. The summed E-state index contributed by atoms with van der Waals surface area (Å²) in [6.07, 6.45) is -0.258. The molecule has 1 fully saturated rings. The topological polar surface area (TPSA) is 29.5 Å². The van der Waals surface area contributed by atoms with Gasteiger partial charge in [0.15, 0.2) is 0 Å². The number of ether oxygens (including phenoxy) is 1. The fourth-order valence-electron chi connectivity index (χ4n) is 3.67. The first-order valence-corrected chi connectivity index (χ1v) is 10.2. The molecule has 4 heteroatoms. The van der Waals surface area contributed by atoms with E-state index in [2.05, 4.69) is 27.7 Å². The average molecular weight is 434 g/mol. The summed E-state index contributed by atoms with van der Waals surface area (Å²) < 4.78 is 6.72. The molecule has 0 aliphatic carbocycles. The Hall–Kier alpha value is -2.68. The molecule has 3 atom stereocenters. The molecule has 0 bridgehead atoms. The zero-order valence-electron chi connectivity index (χ0n) is 15.6. The summed E-state index contributed by atoms with van der Waals surface area (Å²) in [5.74, 6) is -0.249. The van der Waals surface area contributed by atoms with E-state index in [1.165, 1.54) is 0 Å². The normalized spacial score (nSPS) is 19.9. The van der Waals surface area contributed by atoms with Crippen LogP contribution in [0.1, 0.15) is 41.7 Å². The van der Waals surface area contributed by atoms with Crippen molar-refractivity contribution in [2.75, 3.05) is 0 Å². The minimum absolute atomic E-state index is 0.0206. The molecule has 0 spiro atoms. The minimum atomic E-state index is -0.270. The molecule has 3 aromatic carbocycles. The van der Waals surface area contributed by atoms with E-state index in [1.54, 1.807) is 4.90 Å². The van der Waals surface area contributed by atoms with Crippen LogP contribution in [0.3, 0.4) is 0 Å². The number of hydrogen-bond acceptors (Lipinski definition) is 2. The fraction of sp³-hybridized carbons (Fsp3) is 0.167. The van der Waals surface area contributed by atoms with E-state index >= 15 is 0 Å². The van der Waals surface area contributed by atoms with E-state index < -0.39 is 0 Å². The van der Waals surface area contributed by atoms with E-state index in [9.17, 15) is 4.79 Å². The molecular weight excluding hydrogens is 413 g/mol. The number of benzene rings is 3. The van der Waals surface area contributed by atoms with Gasteiger partial charge in [0, 0.05) is 0 Å². The third-order valence-corrected chi connectivity index (χ3v) is 5.78. The second-order valence-corrected chi connectivity index (χ2v) is 7.64. The van der Waals surface area contributed by atoms with Crippen molar-refractivity contribution in [1.82, 2.24) is 4.90 Å². The Labute approximate surface area is 173 Å². The summed E-state index contributed by atoms with van der Waals surface area (Å²) in [4.78, 5) is 15.3. The van der Waals surface area contributed by atoms with Crippen LogP contribution in [0.4, 0.5) is 0 Å². The van der Waals surface area contributed by atoms with Gasteiger partial charge in [-0.2, -0.15) is 0 Å². The van der Waals surface area contributed by atoms with Crippen LogP contribution in [0.15, 0.2) is 91.0 Å². The van der Waals surface area contributed by atoms with Crippen LogP contribution < -0.4 is 0 Å². The maximum atomic E-state index is 13.5. The Balaban J connectivity index is 1.74. The van der Waals surface area contributed by atoms with Gasteiger partial charge >= 0.3 is 173 Å². The molecule has 3 aromatic rings. The Kier molecular flexibility index (Phi) is 5.42. The molecule has 1 aliphatic heterocycles. The van der Waals surface area contributed by atoms with Gasteiger partial charge in [0.2, 0.25) is 0 Å². The molecule has 0 unspecified atom stereocenters. The molecule has 0 N–H and O–H groups in total. The molecular formula is C24H21NO2Se. The molecule has 3 nitrogen and oxygen atoms in total. The molecule has 28 heavy (non-hydrogen) atoms. The van der Waals surface area contributed by atoms with E-state index in [0.717, 1.165) is 16.7 Å². The monoisotopic (exact) mass is 435 g/mol. The molecule has 1 saturated heterocycles. The van der Waals surface area contributed by atoms with Crippen molar-refractivity contribution < 1.29 is 9.53 Å². The summed E-state index contributed by atoms with van der Waals surface area (Å²) in [5, 5.41) is 0. The first-order chi connectivity index (χ1) is 13.7. The maximum absolute atomic E-state index is 13.5. The van der Waals surface area contributed by atoms with Crippen LogP contribution in [0, 0.1) is 0 Å². The molecule has 1 aliphatic rings. The Morgan fingerprint density at radius 3 is 1.93 bits per heavy atom. The van der Waals surface area contributed by atoms with Crippen molar-refractivity contribution in [3.63, 3.8) is 0 Å². The van der Waals surface area contributed by atoms with E-state index in [4.69, 9.17) is 4.74 Å². The molecule has 4 rings (SSSR count). The van der Waals surface area contributed by atoms with Crippen LogP contribution in [-0.4, -0.2) is 31.1 Å². The molecule has 1 heterocycles. The first kappa shape index (κ1) is 18.7. The summed E-state index contributed by atoms with van der Waals surface area (Å²) in [7, 11) is 0. The Morgan fingerprint density at radius 1 is 0.857 bits per heavy atom. The average Bonchev–Trinajstić information content (AvgIpc) is 3.11. The Bertz CT molecular complexity index is 960. The predicted molar refractivity (Wildman–Crippen MR) is 112 cm³/mol. The van der Waals surface area contributed by atoms with E-state index in [1.807, 2.05) is 85.8 Å². The second-order valence-electron chi connectivity index (χ2n) is 6.91. The molecule has 0 saturated carbocycles. The van der Waals surface area contributed by atoms with Gasteiger partial charge in [-0.15, -0.1) is 0 Å². The SMILES string of the molecule is C[C@H](C(=O)N1C(=[Se])O[C@H](c2ccccc2)[C@@H]1c1ccccc1)c1ccccc1. The van der Waals surface area contributed by atoms with Crippen molar-refractivity contribution in [3.8, 4) is 0 Å². The molecule has 1 amide bonds. The van der Waals surface area contributed by atoms with Gasteiger partial charge in [-0.05, 0) is 0 Å². The third kappa shape index (κ3) is 3.54. The van der Waals surface area contributed by atoms with E-state index in [0.29, 0.717) is 4.73 Å². The number of carbonyl (C=O) groups is 1. The van der Waals surface area contributed by atoms with Gasteiger partial charge in [0.1, 0.15) is 0 Å². The van der Waals surface area contributed by atoms with Crippen molar-refractivity contribution >= 4 is 26.2 Å². The third-order valence-electron chi connectivity index (χ3n) is 5.17. The van der Waals surface area contributed by atoms with Gasteiger partial charge in [0.25, 0.3) is 0 Å². The summed E-state index contributed by atoms with van der Waals surface area (Å²) in [5.41, 5.74) is 3.09. The zero-order chi connectivity index (χ0) is 19.5. The summed E-state index contributed by atoms with van der Waals surface area (Å²) in [6.45, 7) is 1.95. The fourth-order valence-corrected chi connectivity index (χ4v) is 4.31. The van der Waals surface area contributed by atoms with Gasteiger partial charge < -0.3 is 0 Å². The summed E-state index contributed by atoms with van der Waals surface area (Å²) >= 11 is 2.98. The number of amides is 1. The van der Waals surface area contributed by atoms with Crippen LogP contribution in [0.2, 0.25) is 0 Å². The Morgan fingerprint density at radius 2 is 1.36 bits per heavy atom. The number of carbonyl (C=O) groups excluding carboxylic acids is 1. The van der Waals surface area contributed by atoms with Gasteiger partial charge in [-0.25, -0.2) is 0 Å². The standard InChI is InChI=1S/C24H21NO2Se/c1-17(18-11-5-2-6-12-18)23(26)25-21(19-13-7-3-8-14-19)22(27-24(25)28)20-15-9-4-10-16-20/h2-17,21-22H,1H3/t17-,21-,22+/m0/s1. The quantitative estimate of drug-likeness (QED) is 0.571. The van der Waals surface area contributed by atoms with Gasteiger partial charge in [-0.3, -0.25) is 0 Å². The molecule has 0 radical (unpaired) electrons. The van der Waals surface area contributed by atoms with E-state index in [-0.39, 0.29) is 24.0 Å². The van der Waals surface area contributed by atoms with Crippen molar-refractivity contribution in [3.05, 3.63) is 108 Å². The molecule has 140 valence electrons. The van der Waals surface area contributed by atoms with Crippen LogP contribution in [0.5, 0.6) is 0 Å². The van der Waals surface area contributed by atoms with Crippen molar-refractivity contribution in [1.29, 1.82) is 0 Å². The van der Waals surface area contributed by atoms with Crippen LogP contribution in [0.25, 0.3) is 0 Å². The zero-order valence-corrected chi connectivity index (χ0v) is 17.3. The summed E-state index contributed by atoms with van der Waals surface area (Å²) in [6, 6.07) is 29.8. The van der Waals surface area contributed by atoms with Crippen molar-refractivity contribution in [2.45, 2.75) is 25.0 Å². The van der Waals surface area contributed by atoms with Crippen LogP contribution in [-0.2, 0) is 9.53 Å². The van der Waals surface area contributed by atoms with Gasteiger partial charge in [-0.1, -0.05) is 0 Å². The first-order valence-electron chi connectivity index (χ1n) is 9.35. The molecule has 0 aromatic heterocycles. The number of rotatable bonds is 4. The van der Waals surface area contributed by atoms with Crippen LogP contribution >= 0.6 is 0 Å².